The Morgan fingerprint density at radius 2 is 2.29 bits per heavy atom. The summed E-state index contributed by atoms with van der Waals surface area (Å²) in [5, 5.41) is 0. The number of nitrogens with zero attached hydrogens (tertiary/aromatic N) is 1. The summed E-state index contributed by atoms with van der Waals surface area (Å²) in [4.78, 5) is 15.6. The fourth-order valence-electron chi connectivity index (χ4n) is 1.49. The van der Waals surface area contributed by atoms with Crippen LogP contribution < -0.4 is 4.74 Å². The van der Waals surface area contributed by atoms with Gasteiger partial charge in [-0.25, -0.2) is 9.79 Å². The summed E-state index contributed by atoms with van der Waals surface area (Å²) in [7, 11) is 1.60. The van der Waals surface area contributed by atoms with Gasteiger partial charge >= 0.3 is 5.97 Å². The molecule has 4 heteroatoms. The summed E-state index contributed by atoms with van der Waals surface area (Å²) in [6.07, 6.45) is 2.30. The first kappa shape index (κ1) is 11.4. The van der Waals surface area contributed by atoms with Crippen LogP contribution in [0.15, 0.2) is 35.0 Å². The molecule has 0 fully saturated rings. The van der Waals surface area contributed by atoms with Gasteiger partial charge < -0.3 is 9.47 Å². The maximum Gasteiger partial charge on any atom is 0.363 e. The Bertz CT molecular complexity index is 503. The minimum absolute atomic E-state index is 0.329. The van der Waals surface area contributed by atoms with Gasteiger partial charge in [0.2, 0.25) is 0 Å². The second-order valence-electron chi connectivity index (χ2n) is 3.55. The van der Waals surface area contributed by atoms with Crippen molar-refractivity contribution in [2.45, 2.75) is 13.3 Å². The summed E-state index contributed by atoms with van der Waals surface area (Å²) in [5.41, 5.74) is 1.19. The molecule has 0 unspecified atom stereocenters. The van der Waals surface area contributed by atoms with Crippen LogP contribution in [0.25, 0.3) is 6.08 Å². The third-order valence-corrected chi connectivity index (χ3v) is 2.36. The zero-order valence-corrected chi connectivity index (χ0v) is 9.77. The average molecular weight is 231 g/mol. The molecule has 0 saturated heterocycles. The van der Waals surface area contributed by atoms with Gasteiger partial charge in [-0.2, -0.15) is 0 Å². The van der Waals surface area contributed by atoms with Crippen molar-refractivity contribution >= 4 is 17.9 Å². The molecule has 0 atom stereocenters. The number of ether oxygens (including phenoxy) is 2. The van der Waals surface area contributed by atoms with E-state index in [1.54, 1.807) is 13.2 Å². The Hall–Kier alpha value is -2.10. The Morgan fingerprint density at radius 1 is 1.47 bits per heavy atom. The number of hydrogen-bond donors (Lipinski definition) is 0. The number of aliphatic imine (C=N–C) groups is 1. The zero-order valence-electron chi connectivity index (χ0n) is 9.77. The molecule has 0 spiro atoms. The van der Waals surface area contributed by atoms with Crippen LogP contribution in [0.5, 0.6) is 5.75 Å². The quantitative estimate of drug-likeness (QED) is 0.592. The van der Waals surface area contributed by atoms with Gasteiger partial charge in [0.15, 0.2) is 11.6 Å². The molecule has 88 valence electrons. The van der Waals surface area contributed by atoms with Gasteiger partial charge in [-0.3, -0.25) is 0 Å². The lowest BCUT2D eigenvalue weighted by Gasteiger charge is -2.00. The highest BCUT2D eigenvalue weighted by molar-refractivity contribution is 6.07. The lowest BCUT2D eigenvalue weighted by molar-refractivity contribution is -0.130. The number of benzene rings is 1. The van der Waals surface area contributed by atoms with Gasteiger partial charge in [-0.15, -0.1) is 0 Å². The van der Waals surface area contributed by atoms with Gasteiger partial charge in [0.25, 0.3) is 0 Å². The van der Waals surface area contributed by atoms with Gasteiger partial charge in [0, 0.05) is 6.42 Å². The molecule has 1 aliphatic rings. The number of carbonyl (C=O) groups is 1. The number of rotatable bonds is 3. The highest BCUT2D eigenvalue weighted by atomic mass is 16.6. The van der Waals surface area contributed by atoms with E-state index >= 15 is 0 Å². The van der Waals surface area contributed by atoms with Crippen molar-refractivity contribution in [2.24, 2.45) is 4.99 Å². The van der Waals surface area contributed by atoms with Crippen molar-refractivity contribution in [3.05, 3.63) is 35.5 Å². The van der Waals surface area contributed by atoms with E-state index in [0.29, 0.717) is 18.0 Å². The standard InChI is InChI=1S/C13H13NO3/c1-3-12-14-11(13(15)17-12)8-9-5-4-6-10(7-9)16-2/h4-8H,3H2,1-2H3/b11-8+. The largest absolute Gasteiger partial charge is 0.497 e. The molecule has 0 bridgehead atoms. The minimum atomic E-state index is -0.398. The molecular formula is C13H13NO3. The number of esters is 1. The normalized spacial score (nSPS) is 16.9. The van der Waals surface area contributed by atoms with Crippen molar-refractivity contribution in [3.63, 3.8) is 0 Å². The molecular weight excluding hydrogens is 218 g/mol. The van der Waals surface area contributed by atoms with Crippen LogP contribution in [0.1, 0.15) is 18.9 Å². The third kappa shape index (κ3) is 2.53. The molecule has 0 aliphatic carbocycles. The second-order valence-corrected chi connectivity index (χ2v) is 3.55. The van der Waals surface area contributed by atoms with Crippen molar-refractivity contribution in [2.75, 3.05) is 7.11 Å². The molecule has 2 rings (SSSR count). The van der Waals surface area contributed by atoms with Crippen LogP contribution >= 0.6 is 0 Å². The summed E-state index contributed by atoms with van der Waals surface area (Å²) in [5.74, 6) is 0.805. The van der Waals surface area contributed by atoms with Crippen LogP contribution in [0.4, 0.5) is 0 Å². The smallest absolute Gasteiger partial charge is 0.363 e. The third-order valence-electron chi connectivity index (χ3n) is 2.36. The van der Waals surface area contributed by atoms with E-state index < -0.39 is 5.97 Å². The summed E-state index contributed by atoms with van der Waals surface area (Å²) < 4.78 is 10.1. The minimum Gasteiger partial charge on any atom is -0.497 e. The van der Waals surface area contributed by atoms with E-state index in [-0.39, 0.29) is 0 Å². The highest BCUT2D eigenvalue weighted by Gasteiger charge is 2.21. The molecule has 0 radical (unpaired) electrons. The Balaban J connectivity index is 2.29. The van der Waals surface area contributed by atoms with Crippen LogP contribution in [0, 0.1) is 0 Å². The Kier molecular flexibility index (Phi) is 3.23. The molecule has 0 amide bonds. The van der Waals surface area contributed by atoms with Crippen LogP contribution in [0.2, 0.25) is 0 Å². The molecule has 4 nitrogen and oxygen atoms in total. The monoisotopic (exact) mass is 231 g/mol. The summed E-state index contributed by atoms with van der Waals surface area (Å²) in [6.45, 7) is 1.89. The van der Waals surface area contributed by atoms with E-state index in [1.807, 2.05) is 31.2 Å². The van der Waals surface area contributed by atoms with E-state index in [0.717, 1.165) is 11.3 Å². The molecule has 0 saturated carbocycles. The first-order valence-electron chi connectivity index (χ1n) is 5.38. The van der Waals surface area contributed by atoms with E-state index in [2.05, 4.69) is 4.99 Å². The van der Waals surface area contributed by atoms with Crippen molar-refractivity contribution < 1.29 is 14.3 Å². The van der Waals surface area contributed by atoms with Crippen molar-refractivity contribution in [1.82, 2.24) is 0 Å². The van der Waals surface area contributed by atoms with Gasteiger partial charge in [0.1, 0.15) is 5.75 Å². The Morgan fingerprint density at radius 3 is 2.94 bits per heavy atom. The predicted molar refractivity (Wildman–Crippen MR) is 64.8 cm³/mol. The zero-order chi connectivity index (χ0) is 12.3. The van der Waals surface area contributed by atoms with Crippen LogP contribution in [0.3, 0.4) is 0 Å². The van der Waals surface area contributed by atoms with Gasteiger partial charge in [0.05, 0.1) is 7.11 Å². The number of carbonyl (C=O) groups excluding carboxylic acids is 1. The second kappa shape index (κ2) is 4.82. The van der Waals surface area contributed by atoms with Crippen LogP contribution in [-0.2, 0) is 9.53 Å². The van der Waals surface area contributed by atoms with Crippen LogP contribution in [-0.4, -0.2) is 19.0 Å². The van der Waals surface area contributed by atoms with Crippen molar-refractivity contribution in [3.8, 4) is 5.75 Å². The topological polar surface area (TPSA) is 47.9 Å². The molecule has 17 heavy (non-hydrogen) atoms. The summed E-state index contributed by atoms with van der Waals surface area (Å²) in [6, 6.07) is 7.41. The lowest BCUT2D eigenvalue weighted by atomic mass is 10.2. The van der Waals surface area contributed by atoms with Gasteiger partial charge in [-0.1, -0.05) is 19.1 Å². The lowest BCUT2D eigenvalue weighted by Crippen LogP contribution is -2.02. The SMILES string of the molecule is CCC1=N/C(=C/c2cccc(OC)c2)C(=O)O1. The fraction of sp³-hybridized carbons (Fsp3) is 0.231. The molecule has 0 N–H and O–H groups in total. The van der Waals surface area contributed by atoms with E-state index in [1.165, 1.54) is 0 Å². The summed E-state index contributed by atoms with van der Waals surface area (Å²) >= 11 is 0. The maximum atomic E-state index is 11.5. The maximum absolute atomic E-state index is 11.5. The molecule has 0 aromatic heterocycles. The van der Waals surface area contributed by atoms with E-state index in [9.17, 15) is 4.79 Å². The first-order valence-corrected chi connectivity index (χ1v) is 5.38. The fourth-order valence-corrected chi connectivity index (χ4v) is 1.49. The highest BCUT2D eigenvalue weighted by Crippen LogP contribution is 2.19. The average Bonchev–Trinajstić information content (AvgIpc) is 2.70. The van der Waals surface area contributed by atoms with Crippen molar-refractivity contribution in [1.29, 1.82) is 0 Å². The predicted octanol–water partition coefficient (Wildman–Crippen LogP) is 2.40. The number of cyclic esters (lactones) is 1. The molecule has 1 aliphatic heterocycles. The number of hydrogen-bond acceptors (Lipinski definition) is 4. The number of methoxy groups -OCH3 is 1. The first-order chi connectivity index (χ1) is 8.22. The molecule has 1 aromatic rings. The molecule has 1 aromatic carbocycles. The molecule has 1 heterocycles. The van der Waals surface area contributed by atoms with Gasteiger partial charge in [-0.05, 0) is 23.8 Å². The Labute approximate surface area is 99.6 Å². The van der Waals surface area contributed by atoms with E-state index in [4.69, 9.17) is 9.47 Å².